The van der Waals surface area contributed by atoms with Crippen LogP contribution in [0.5, 0.6) is 0 Å². The lowest BCUT2D eigenvalue weighted by Crippen LogP contribution is -1.97. The third-order valence-corrected chi connectivity index (χ3v) is 2.55. The van der Waals surface area contributed by atoms with Gasteiger partial charge in [-0.3, -0.25) is 0 Å². The first-order valence-corrected chi connectivity index (χ1v) is 4.63. The van der Waals surface area contributed by atoms with Crippen LogP contribution in [0.25, 0.3) is 10.3 Å². The van der Waals surface area contributed by atoms with Crippen LogP contribution in [0.4, 0.5) is 0 Å². The predicted octanol–water partition coefficient (Wildman–Crippen LogP) is 0.307. The van der Waals surface area contributed by atoms with Crippen molar-refractivity contribution in [2.75, 3.05) is 0 Å². The Balaban J connectivity index is 2.88. The number of halogens is 1. The summed E-state index contributed by atoms with van der Waals surface area (Å²) in [6.07, 6.45) is 0. The molecule has 0 saturated heterocycles. The van der Waals surface area contributed by atoms with Gasteiger partial charge in [0.1, 0.15) is 10.3 Å². The van der Waals surface area contributed by atoms with Gasteiger partial charge in [0.15, 0.2) is 7.85 Å². The number of rotatable bonds is 0. The zero-order valence-corrected chi connectivity index (χ0v) is 8.20. The van der Waals surface area contributed by atoms with Gasteiger partial charge in [-0.05, 0) is 18.5 Å². The van der Waals surface area contributed by atoms with Gasteiger partial charge < -0.3 is 0 Å². The SMILES string of the molecule is Bc1nc2c(C)nc(Cl)nc2s1. The summed E-state index contributed by atoms with van der Waals surface area (Å²) in [5, 5.41) is 0.295. The van der Waals surface area contributed by atoms with Crippen molar-refractivity contribution in [1.29, 1.82) is 0 Å². The molecule has 0 aliphatic rings. The van der Waals surface area contributed by atoms with Gasteiger partial charge in [-0.1, -0.05) is 0 Å². The lowest BCUT2D eigenvalue weighted by atomic mass is 10.2. The maximum atomic E-state index is 5.69. The molecule has 0 aromatic carbocycles. The minimum absolute atomic E-state index is 0.295. The topological polar surface area (TPSA) is 38.7 Å². The normalized spacial score (nSPS) is 10.8. The van der Waals surface area contributed by atoms with Gasteiger partial charge in [0, 0.05) is 4.91 Å². The Hall–Kier alpha value is -0.675. The van der Waals surface area contributed by atoms with Crippen LogP contribution in [0.3, 0.4) is 0 Å². The van der Waals surface area contributed by atoms with Crippen LogP contribution < -0.4 is 4.91 Å². The van der Waals surface area contributed by atoms with Crippen molar-refractivity contribution in [2.24, 2.45) is 0 Å². The van der Waals surface area contributed by atoms with E-state index in [0.717, 1.165) is 20.9 Å². The van der Waals surface area contributed by atoms with E-state index in [1.807, 2.05) is 14.8 Å². The summed E-state index contributed by atoms with van der Waals surface area (Å²) in [6.45, 7) is 1.88. The fraction of sp³-hybridized carbons (Fsp3) is 0.167. The quantitative estimate of drug-likeness (QED) is 0.451. The van der Waals surface area contributed by atoms with Crippen molar-refractivity contribution < 1.29 is 0 Å². The second kappa shape index (κ2) is 2.67. The highest BCUT2D eigenvalue weighted by Gasteiger charge is 2.06. The van der Waals surface area contributed by atoms with Crippen molar-refractivity contribution in [3.63, 3.8) is 0 Å². The summed E-state index contributed by atoms with van der Waals surface area (Å²) in [6, 6.07) is 0. The molecule has 0 atom stereocenters. The van der Waals surface area contributed by atoms with E-state index in [1.165, 1.54) is 11.3 Å². The van der Waals surface area contributed by atoms with E-state index in [9.17, 15) is 0 Å². The molecule has 2 heterocycles. The highest BCUT2D eigenvalue weighted by molar-refractivity contribution is 7.25. The van der Waals surface area contributed by atoms with Crippen LogP contribution in [0.15, 0.2) is 0 Å². The van der Waals surface area contributed by atoms with Gasteiger partial charge in [0.05, 0.1) is 5.69 Å². The number of aromatic nitrogens is 3. The Labute approximate surface area is 79.2 Å². The van der Waals surface area contributed by atoms with E-state index in [2.05, 4.69) is 15.0 Å². The molecular formula is C6H5BClN3S. The molecule has 0 aliphatic carbocycles. The predicted molar refractivity (Wildman–Crippen MR) is 53.1 cm³/mol. The molecule has 2 aromatic rings. The Morgan fingerprint density at radius 3 is 2.83 bits per heavy atom. The molecule has 0 saturated carbocycles. The van der Waals surface area contributed by atoms with Crippen LogP contribution in [0.2, 0.25) is 5.28 Å². The van der Waals surface area contributed by atoms with Gasteiger partial charge in [0.25, 0.3) is 0 Å². The zero-order chi connectivity index (χ0) is 8.72. The van der Waals surface area contributed by atoms with E-state index < -0.39 is 0 Å². The molecule has 0 bridgehead atoms. The molecule has 6 heteroatoms. The van der Waals surface area contributed by atoms with E-state index in [-0.39, 0.29) is 0 Å². The Morgan fingerprint density at radius 2 is 2.08 bits per heavy atom. The summed E-state index contributed by atoms with van der Waals surface area (Å²) in [7, 11) is 1.94. The number of aryl methyl sites for hydroxylation is 1. The van der Waals surface area contributed by atoms with Gasteiger partial charge >= 0.3 is 0 Å². The number of thiazole rings is 1. The van der Waals surface area contributed by atoms with Crippen LogP contribution >= 0.6 is 22.9 Å². The molecule has 0 amide bonds. The molecule has 3 nitrogen and oxygen atoms in total. The molecule has 0 unspecified atom stereocenters. The van der Waals surface area contributed by atoms with E-state index in [4.69, 9.17) is 11.6 Å². The van der Waals surface area contributed by atoms with Gasteiger partial charge in [-0.25, -0.2) is 15.0 Å². The lowest BCUT2D eigenvalue weighted by Gasteiger charge is -1.92. The van der Waals surface area contributed by atoms with Crippen LogP contribution in [0, 0.1) is 6.92 Å². The average molecular weight is 197 g/mol. The average Bonchev–Trinajstić information content (AvgIpc) is 2.29. The summed E-state index contributed by atoms with van der Waals surface area (Å²) in [5.41, 5.74) is 1.70. The minimum atomic E-state index is 0.295. The third kappa shape index (κ3) is 1.19. The molecular weight excluding hydrogens is 192 g/mol. The molecule has 60 valence electrons. The summed E-state index contributed by atoms with van der Waals surface area (Å²) >= 11 is 7.22. The molecule has 0 fully saturated rings. The van der Waals surface area contributed by atoms with Crippen molar-refractivity contribution in [3.8, 4) is 0 Å². The Bertz CT molecular complexity index is 442. The minimum Gasteiger partial charge on any atom is -0.249 e. The molecule has 2 rings (SSSR count). The van der Waals surface area contributed by atoms with Gasteiger partial charge in [0.2, 0.25) is 5.28 Å². The van der Waals surface area contributed by atoms with Crippen molar-refractivity contribution >= 4 is 46.0 Å². The monoisotopic (exact) mass is 197 g/mol. The van der Waals surface area contributed by atoms with E-state index in [1.54, 1.807) is 0 Å². The molecule has 12 heavy (non-hydrogen) atoms. The second-order valence-electron chi connectivity index (χ2n) is 2.46. The summed E-state index contributed by atoms with van der Waals surface area (Å²) < 4.78 is 0. The fourth-order valence-electron chi connectivity index (χ4n) is 1.03. The number of hydrogen-bond donors (Lipinski definition) is 0. The highest BCUT2D eigenvalue weighted by atomic mass is 35.5. The number of fused-ring (bicyclic) bond motifs is 1. The molecule has 0 radical (unpaired) electrons. The third-order valence-electron chi connectivity index (χ3n) is 1.51. The molecule has 2 aromatic heterocycles. The highest BCUT2D eigenvalue weighted by Crippen LogP contribution is 2.17. The maximum Gasteiger partial charge on any atom is 0.224 e. The lowest BCUT2D eigenvalue weighted by molar-refractivity contribution is 1.15. The maximum absolute atomic E-state index is 5.69. The molecule has 0 spiro atoms. The van der Waals surface area contributed by atoms with Crippen LogP contribution in [0.1, 0.15) is 5.69 Å². The van der Waals surface area contributed by atoms with Crippen molar-refractivity contribution in [3.05, 3.63) is 11.0 Å². The Morgan fingerprint density at radius 1 is 1.33 bits per heavy atom. The summed E-state index contributed by atoms with van der Waals surface area (Å²) in [4.78, 5) is 14.2. The fourth-order valence-corrected chi connectivity index (χ4v) is 2.13. The zero-order valence-electron chi connectivity index (χ0n) is 6.63. The van der Waals surface area contributed by atoms with Crippen LogP contribution in [-0.4, -0.2) is 22.8 Å². The molecule has 0 N–H and O–H groups in total. The first-order valence-electron chi connectivity index (χ1n) is 3.44. The van der Waals surface area contributed by atoms with Crippen LogP contribution in [-0.2, 0) is 0 Å². The van der Waals surface area contributed by atoms with E-state index >= 15 is 0 Å². The van der Waals surface area contributed by atoms with Gasteiger partial charge in [-0.2, -0.15) is 0 Å². The first-order chi connectivity index (χ1) is 5.66. The van der Waals surface area contributed by atoms with Crippen molar-refractivity contribution in [1.82, 2.24) is 15.0 Å². The first kappa shape index (κ1) is 7.95. The van der Waals surface area contributed by atoms with Crippen molar-refractivity contribution in [2.45, 2.75) is 6.92 Å². The smallest absolute Gasteiger partial charge is 0.224 e. The van der Waals surface area contributed by atoms with Gasteiger partial charge in [-0.15, -0.1) is 11.3 Å². The number of nitrogens with zero attached hydrogens (tertiary/aromatic N) is 3. The summed E-state index contributed by atoms with van der Waals surface area (Å²) in [5.74, 6) is 0. The standard InChI is InChI=1S/C6H5BClN3S/c1-2-3-4(11-6(8)9-2)12-5(7)10-3/h7H2,1H3. The Kier molecular flexibility index (Phi) is 1.77. The van der Waals surface area contributed by atoms with E-state index in [0.29, 0.717) is 5.28 Å². The second-order valence-corrected chi connectivity index (χ2v) is 3.98. The number of hydrogen-bond acceptors (Lipinski definition) is 4. The largest absolute Gasteiger partial charge is 0.249 e. The molecule has 0 aliphatic heterocycles.